The molecule has 0 aliphatic rings. The molecule has 0 aliphatic heterocycles. The Labute approximate surface area is 105 Å². The third-order valence-electron chi connectivity index (χ3n) is 2.75. The number of rotatable bonds is 3. The molecule has 2 N–H and O–H groups in total. The summed E-state index contributed by atoms with van der Waals surface area (Å²) in [7, 11) is 1.61. The molecule has 1 aromatic carbocycles. The third kappa shape index (κ3) is 2.82. The van der Waals surface area contributed by atoms with E-state index in [1.807, 2.05) is 13.8 Å². The molecule has 1 rings (SSSR count). The topological polar surface area (TPSA) is 60.8 Å². The van der Waals surface area contributed by atoms with E-state index < -0.39 is 5.54 Å². The van der Waals surface area contributed by atoms with Crippen molar-refractivity contribution in [2.45, 2.75) is 19.4 Å². The highest BCUT2D eigenvalue weighted by atomic mass is 35.5. The van der Waals surface area contributed by atoms with Crippen molar-refractivity contribution < 1.29 is 15.0 Å². The molecule has 0 aromatic heterocycles. The average Bonchev–Trinajstić information content (AvgIpc) is 2.30. The van der Waals surface area contributed by atoms with Gasteiger partial charge in [0.25, 0.3) is 5.91 Å². The summed E-state index contributed by atoms with van der Waals surface area (Å²) in [5.41, 5.74) is -0.470. The molecule has 0 radical (unpaired) electrons. The van der Waals surface area contributed by atoms with Gasteiger partial charge in [-0.15, -0.1) is 11.6 Å². The van der Waals surface area contributed by atoms with E-state index in [0.717, 1.165) is 0 Å². The molecule has 17 heavy (non-hydrogen) atoms. The van der Waals surface area contributed by atoms with E-state index >= 15 is 0 Å². The molecule has 0 fully saturated rings. The number of hydrogen-bond donors (Lipinski definition) is 2. The van der Waals surface area contributed by atoms with Crippen molar-refractivity contribution in [1.82, 2.24) is 4.90 Å². The van der Waals surface area contributed by atoms with E-state index in [1.54, 1.807) is 7.05 Å². The van der Waals surface area contributed by atoms with Crippen molar-refractivity contribution in [1.29, 1.82) is 0 Å². The lowest BCUT2D eigenvalue weighted by molar-refractivity contribution is 0.0656. The van der Waals surface area contributed by atoms with Gasteiger partial charge in [0.1, 0.15) is 11.5 Å². The Balaban J connectivity index is 3.08. The van der Waals surface area contributed by atoms with Crippen molar-refractivity contribution in [3.05, 3.63) is 23.8 Å². The Bertz CT molecular complexity index is 432. The van der Waals surface area contributed by atoms with Crippen LogP contribution in [0.3, 0.4) is 0 Å². The standard InChI is InChI=1S/C12H16ClNO3/c1-12(2,7-13)14(3)11(17)9-6-8(15)4-5-10(9)16/h4-6,15-16H,7H2,1-3H3. The minimum absolute atomic E-state index is 0.0608. The van der Waals surface area contributed by atoms with Gasteiger partial charge in [-0.25, -0.2) is 0 Å². The highest BCUT2D eigenvalue weighted by Gasteiger charge is 2.28. The van der Waals surface area contributed by atoms with E-state index in [2.05, 4.69) is 0 Å². The lowest BCUT2D eigenvalue weighted by atomic mass is 10.0. The van der Waals surface area contributed by atoms with E-state index in [-0.39, 0.29) is 28.8 Å². The van der Waals surface area contributed by atoms with E-state index in [4.69, 9.17) is 11.6 Å². The normalized spacial score (nSPS) is 11.3. The molecule has 0 spiro atoms. The fourth-order valence-electron chi connectivity index (χ4n) is 1.24. The minimum Gasteiger partial charge on any atom is -0.508 e. The van der Waals surface area contributed by atoms with E-state index in [9.17, 15) is 15.0 Å². The van der Waals surface area contributed by atoms with Gasteiger partial charge in [-0.2, -0.15) is 0 Å². The Morgan fingerprint density at radius 3 is 2.53 bits per heavy atom. The van der Waals surface area contributed by atoms with Crippen LogP contribution in [0, 0.1) is 0 Å². The van der Waals surface area contributed by atoms with Crippen LogP contribution in [0.4, 0.5) is 0 Å². The number of amides is 1. The molecule has 0 aliphatic carbocycles. The highest BCUT2D eigenvalue weighted by molar-refractivity contribution is 6.18. The van der Waals surface area contributed by atoms with Crippen molar-refractivity contribution in [2.75, 3.05) is 12.9 Å². The first kappa shape index (κ1) is 13.6. The number of phenolic OH excluding ortho intramolecular Hbond substituents is 2. The predicted octanol–water partition coefficient (Wildman–Crippen LogP) is 2.19. The fourth-order valence-corrected chi connectivity index (χ4v) is 1.42. The van der Waals surface area contributed by atoms with Crippen molar-refractivity contribution in [3.8, 4) is 11.5 Å². The zero-order valence-corrected chi connectivity index (χ0v) is 10.8. The second kappa shape index (κ2) is 4.84. The number of benzene rings is 1. The van der Waals surface area contributed by atoms with Gasteiger partial charge in [0.2, 0.25) is 0 Å². The molecule has 0 saturated carbocycles. The summed E-state index contributed by atoms with van der Waals surface area (Å²) in [5, 5.41) is 18.9. The molecule has 94 valence electrons. The zero-order valence-electron chi connectivity index (χ0n) is 10.1. The number of nitrogens with zero attached hydrogens (tertiary/aromatic N) is 1. The average molecular weight is 258 g/mol. The summed E-state index contributed by atoms with van der Waals surface area (Å²) in [5.74, 6) is -0.341. The Morgan fingerprint density at radius 2 is 2.00 bits per heavy atom. The molecule has 1 aromatic rings. The smallest absolute Gasteiger partial charge is 0.257 e. The lowest BCUT2D eigenvalue weighted by Crippen LogP contribution is -2.46. The number of hydrogen-bond acceptors (Lipinski definition) is 3. The molecule has 1 amide bonds. The first-order valence-electron chi connectivity index (χ1n) is 5.15. The summed E-state index contributed by atoms with van der Waals surface area (Å²) < 4.78 is 0. The maximum Gasteiger partial charge on any atom is 0.257 e. The second-order valence-electron chi connectivity index (χ2n) is 4.51. The van der Waals surface area contributed by atoms with Gasteiger partial charge in [0.05, 0.1) is 11.1 Å². The van der Waals surface area contributed by atoms with Crippen LogP contribution in [-0.2, 0) is 0 Å². The first-order chi connectivity index (χ1) is 7.79. The SMILES string of the molecule is CN(C(=O)c1cc(O)ccc1O)C(C)(C)CCl. The lowest BCUT2D eigenvalue weighted by Gasteiger charge is -2.34. The molecule has 0 saturated heterocycles. The summed E-state index contributed by atoms with van der Waals surface area (Å²) in [6, 6.07) is 3.83. The van der Waals surface area contributed by atoms with Crippen LogP contribution in [0.15, 0.2) is 18.2 Å². The van der Waals surface area contributed by atoms with E-state index in [0.29, 0.717) is 0 Å². The second-order valence-corrected chi connectivity index (χ2v) is 4.78. The summed E-state index contributed by atoms with van der Waals surface area (Å²) >= 11 is 5.78. The molecule has 0 atom stereocenters. The van der Waals surface area contributed by atoms with Crippen LogP contribution in [0.5, 0.6) is 11.5 Å². The molecule has 5 heteroatoms. The van der Waals surface area contributed by atoms with Crippen molar-refractivity contribution >= 4 is 17.5 Å². The van der Waals surface area contributed by atoms with Gasteiger partial charge in [0.15, 0.2) is 0 Å². The molecule has 0 bridgehead atoms. The van der Waals surface area contributed by atoms with Gasteiger partial charge >= 0.3 is 0 Å². The molecule has 0 heterocycles. The maximum absolute atomic E-state index is 12.1. The van der Waals surface area contributed by atoms with Crippen LogP contribution in [0.25, 0.3) is 0 Å². The van der Waals surface area contributed by atoms with Crippen molar-refractivity contribution in [2.24, 2.45) is 0 Å². The fraction of sp³-hybridized carbons (Fsp3) is 0.417. The van der Waals surface area contributed by atoms with Gasteiger partial charge in [-0.1, -0.05) is 0 Å². The number of carbonyl (C=O) groups is 1. The van der Waals surface area contributed by atoms with Crippen LogP contribution in [0.1, 0.15) is 24.2 Å². The maximum atomic E-state index is 12.1. The highest BCUT2D eigenvalue weighted by Crippen LogP contribution is 2.26. The number of halogens is 1. The van der Waals surface area contributed by atoms with Crippen LogP contribution >= 0.6 is 11.6 Å². The van der Waals surface area contributed by atoms with Gasteiger partial charge in [-0.05, 0) is 32.0 Å². The Kier molecular flexibility index (Phi) is 3.88. The van der Waals surface area contributed by atoms with Gasteiger partial charge in [-0.3, -0.25) is 4.79 Å². The zero-order chi connectivity index (χ0) is 13.2. The number of aromatic hydroxyl groups is 2. The molecule has 0 unspecified atom stereocenters. The summed E-state index contributed by atoms with van der Waals surface area (Å²) in [4.78, 5) is 13.6. The van der Waals surface area contributed by atoms with Gasteiger partial charge in [0, 0.05) is 12.9 Å². The number of alkyl halides is 1. The number of carbonyl (C=O) groups excluding carboxylic acids is 1. The quantitative estimate of drug-likeness (QED) is 0.645. The van der Waals surface area contributed by atoms with Crippen LogP contribution in [-0.4, -0.2) is 39.5 Å². The third-order valence-corrected chi connectivity index (χ3v) is 3.40. The summed E-state index contributed by atoms with van der Waals surface area (Å²) in [6.45, 7) is 3.63. The Morgan fingerprint density at radius 1 is 1.41 bits per heavy atom. The predicted molar refractivity (Wildman–Crippen MR) is 66.7 cm³/mol. The van der Waals surface area contributed by atoms with Crippen LogP contribution < -0.4 is 0 Å². The van der Waals surface area contributed by atoms with E-state index in [1.165, 1.54) is 23.1 Å². The number of phenols is 2. The van der Waals surface area contributed by atoms with Crippen LogP contribution in [0.2, 0.25) is 0 Å². The summed E-state index contributed by atoms with van der Waals surface area (Å²) in [6.07, 6.45) is 0. The molecular weight excluding hydrogens is 242 g/mol. The monoisotopic (exact) mass is 257 g/mol. The first-order valence-corrected chi connectivity index (χ1v) is 5.69. The minimum atomic E-state index is -0.531. The van der Waals surface area contributed by atoms with Gasteiger partial charge < -0.3 is 15.1 Å². The molecular formula is C12H16ClNO3. The molecule has 4 nitrogen and oxygen atoms in total. The van der Waals surface area contributed by atoms with Crippen molar-refractivity contribution in [3.63, 3.8) is 0 Å². The Hall–Kier alpha value is -1.42. The largest absolute Gasteiger partial charge is 0.508 e.